The topological polar surface area (TPSA) is 81.2 Å². The number of fused-ring (bicyclic) bond motifs is 1. The van der Waals surface area contributed by atoms with Crippen molar-refractivity contribution in [2.45, 2.75) is 6.92 Å². The van der Waals surface area contributed by atoms with Crippen molar-refractivity contribution >= 4 is 44.4 Å². The molecule has 4 rings (SSSR count). The summed E-state index contributed by atoms with van der Waals surface area (Å²) in [4.78, 5) is 27.2. The highest BCUT2D eigenvalue weighted by Gasteiger charge is 2.23. The molecule has 0 atom stereocenters. The third-order valence-corrected chi connectivity index (χ3v) is 5.64. The molecule has 3 heterocycles. The minimum atomic E-state index is 0.0214. The molecule has 0 radical (unpaired) electrons. The van der Waals surface area contributed by atoms with E-state index in [-0.39, 0.29) is 5.91 Å². The molecule has 0 spiro atoms. The number of rotatable bonds is 3. The van der Waals surface area contributed by atoms with Gasteiger partial charge in [-0.2, -0.15) is 5.10 Å². The Labute approximate surface area is 171 Å². The summed E-state index contributed by atoms with van der Waals surface area (Å²) in [5.41, 5.74) is 3.66. The summed E-state index contributed by atoms with van der Waals surface area (Å²) in [6.07, 6.45) is 1.55. The van der Waals surface area contributed by atoms with Gasteiger partial charge in [-0.25, -0.2) is 9.97 Å². The van der Waals surface area contributed by atoms with E-state index in [9.17, 15) is 4.79 Å². The van der Waals surface area contributed by atoms with Crippen molar-refractivity contribution in [3.05, 3.63) is 40.3 Å². The number of nitrogens with zero attached hydrogens (tertiary/aromatic N) is 6. The van der Waals surface area contributed by atoms with Crippen molar-refractivity contribution in [2.75, 3.05) is 50.1 Å². The Morgan fingerprint density at radius 2 is 1.86 bits per heavy atom. The number of aryl methyl sites for hydroxylation is 1. The molecule has 0 aliphatic carbocycles. The van der Waals surface area contributed by atoms with E-state index in [2.05, 4.69) is 52.8 Å². The fraction of sp³-hybridized carbons (Fsp3) is 0.368. The molecule has 1 aliphatic heterocycles. The number of piperazine rings is 1. The van der Waals surface area contributed by atoms with Gasteiger partial charge in [0.15, 0.2) is 5.65 Å². The summed E-state index contributed by atoms with van der Waals surface area (Å²) in [6.45, 7) is 5.44. The minimum Gasteiger partial charge on any atom is -0.368 e. The third-order valence-electron chi connectivity index (χ3n) is 5.07. The van der Waals surface area contributed by atoms with Gasteiger partial charge in [0.1, 0.15) is 16.7 Å². The van der Waals surface area contributed by atoms with E-state index in [1.54, 1.807) is 25.3 Å². The van der Waals surface area contributed by atoms with Crippen molar-refractivity contribution in [3.8, 4) is 0 Å². The van der Waals surface area contributed by atoms with Gasteiger partial charge in [0.25, 0.3) is 5.91 Å². The van der Waals surface area contributed by atoms with E-state index in [0.29, 0.717) is 11.2 Å². The molecule has 0 saturated carbocycles. The Morgan fingerprint density at radius 1 is 1.14 bits per heavy atom. The van der Waals surface area contributed by atoms with E-state index < -0.39 is 0 Å². The van der Waals surface area contributed by atoms with Crippen LogP contribution in [0.1, 0.15) is 15.9 Å². The molecular formula is C19H22BrN7O. The second-order valence-corrected chi connectivity index (χ2v) is 7.90. The van der Waals surface area contributed by atoms with Gasteiger partial charge >= 0.3 is 0 Å². The van der Waals surface area contributed by atoms with Crippen LogP contribution in [0.25, 0.3) is 11.0 Å². The zero-order valence-electron chi connectivity index (χ0n) is 16.1. The molecular weight excluding hydrogens is 422 g/mol. The lowest BCUT2D eigenvalue weighted by Crippen LogP contribution is -2.47. The molecule has 146 valence electrons. The first-order chi connectivity index (χ1) is 13.5. The molecule has 1 aromatic carbocycles. The molecule has 0 unspecified atom stereocenters. The zero-order valence-corrected chi connectivity index (χ0v) is 17.7. The molecule has 1 N–H and O–H groups in total. The van der Waals surface area contributed by atoms with Crippen LogP contribution in [-0.4, -0.2) is 71.2 Å². The van der Waals surface area contributed by atoms with Gasteiger partial charge in [0, 0.05) is 51.5 Å². The predicted octanol–water partition coefficient (Wildman–Crippen LogP) is 2.45. The Morgan fingerprint density at radius 3 is 2.57 bits per heavy atom. The lowest BCUT2D eigenvalue weighted by Gasteiger charge is -2.37. The van der Waals surface area contributed by atoms with Crippen molar-refractivity contribution in [3.63, 3.8) is 0 Å². The van der Waals surface area contributed by atoms with Crippen LogP contribution < -0.4 is 9.80 Å². The van der Waals surface area contributed by atoms with Gasteiger partial charge in [-0.05, 0) is 40.5 Å². The van der Waals surface area contributed by atoms with E-state index in [1.807, 2.05) is 18.2 Å². The fourth-order valence-electron chi connectivity index (χ4n) is 3.55. The number of nitrogens with one attached hydrogen (secondary N) is 1. The minimum absolute atomic E-state index is 0.0214. The molecule has 3 aromatic rings. The largest absolute Gasteiger partial charge is 0.368 e. The number of aromatic nitrogens is 4. The first-order valence-corrected chi connectivity index (χ1v) is 9.92. The molecule has 8 nitrogen and oxygen atoms in total. The molecule has 9 heteroatoms. The van der Waals surface area contributed by atoms with Crippen molar-refractivity contribution < 1.29 is 4.79 Å². The Bertz CT molecular complexity index is 1020. The molecule has 1 aliphatic rings. The van der Waals surface area contributed by atoms with Crippen molar-refractivity contribution in [1.29, 1.82) is 0 Å². The first-order valence-electron chi connectivity index (χ1n) is 9.12. The smallest absolute Gasteiger partial charge is 0.253 e. The lowest BCUT2D eigenvalue weighted by molar-refractivity contribution is 0.0827. The second-order valence-electron chi connectivity index (χ2n) is 7.11. The highest BCUT2D eigenvalue weighted by molar-refractivity contribution is 9.10. The third kappa shape index (κ3) is 3.30. The highest BCUT2D eigenvalue weighted by atomic mass is 79.9. The number of carbonyl (C=O) groups is 1. The molecule has 1 fully saturated rings. The van der Waals surface area contributed by atoms with E-state index in [0.717, 1.165) is 47.7 Å². The average molecular weight is 444 g/mol. The van der Waals surface area contributed by atoms with Gasteiger partial charge in [-0.15, -0.1) is 0 Å². The number of benzene rings is 1. The van der Waals surface area contributed by atoms with Crippen LogP contribution in [0.3, 0.4) is 0 Å². The van der Waals surface area contributed by atoms with Crippen LogP contribution in [-0.2, 0) is 0 Å². The molecule has 1 amide bonds. The maximum absolute atomic E-state index is 12.3. The molecule has 0 bridgehead atoms. The van der Waals surface area contributed by atoms with Crippen LogP contribution in [0.4, 0.5) is 11.5 Å². The summed E-state index contributed by atoms with van der Waals surface area (Å²) < 4.78 is 0.797. The lowest BCUT2D eigenvalue weighted by atomic mass is 10.1. The number of H-pyrrole nitrogens is 1. The summed E-state index contributed by atoms with van der Waals surface area (Å²) >= 11 is 3.50. The Balaban J connectivity index is 1.55. The molecule has 1 saturated heterocycles. The second kappa shape index (κ2) is 7.38. The number of halogens is 1. The van der Waals surface area contributed by atoms with E-state index in [1.165, 1.54) is 5.56 Å². The van der Waals surface area contributed by atoms with Crippen LogP contribution in [0.15, 0.2) is 29.1 Å². The quantitative estimate of drug-likeness (QED) is 0.669. The van der Waals surface area contributed by atoms with Crippen LogP contribution in [0.2, 0.25) is 0 Å². The highest BCUT2D eigenvalue weighted by Crippen LogP contribution is 2.30. The Kier molecular flexibility index (Phi) is 4.92. The molecule has 2 aromatic heterocycles. The number of hydrogen-bond acceptors (Lipinski definition) is 6. The average Bonchev–Trinajstić information content (AvgIpc) is 3.09. The summed E-state index contributed by atoms with van der Waals surface area (Å²) in [5, 5.41) is 8.02. The summed E-state index contributed by atoms with van der Waals surface area (Å²) in [7, 11) is 3.55. The number of anilines is 2. The predicted molar refractivity (Wildman–Crippen MR) is 113 cm³/mol. The maximum Gasteiger partial charge on any atom is 0.253 e. The number of amides is 1. The number of aromatic amines is 1. The van der Waals surface area contributed by atoms with Gasteiger partial charge in [-0.1, -0.05) is 6.07 Å². The Hall–Kier alpha value is -2.68. The van der Waals surface area contributed by atoms with Gasteiger partial charge in [-0.3, -0.25) is 9.89 Å². The first kappa shape index (κ1) is 18.7. The van der Waals surface area contributed by atoms with E-state index >= 15 is 0 Å². The van der Waals surface area contributed by atoms with Crippen molar-refractivity contribution in [2.24, 2.45) is 0 Å². The monoisotopic (exact) mass is 443 g/mol. The number of carbonyl (C=O) groups excluding carboxylic acids is 1. The van der Waals surface area contributed by atoms with Crippen LogP contribution in [0.5, 0.6) is 0 Å². The van der Waals surface area contributed by atoms with Gasteiger partial charge in [0.05, 0.1) is 5.39 Å². The van der Waals surface area contributed by atoms with Gasteiger partial charge in [0.2, 0.25) is 0 Å². The SMILES string of the molecule is Cc1ccc(C(=O)N(C)C)cc1N1CCN(c2ncnc3n[nH]c(Br)c23)CC1. The fourth-order valence-corrected chi connectivity index (χ4v) is 3.99. The molecule has 28 heavy (non-hydrogen) atoms. The normalized spacial score (nSPS) is 14.6. The standard InChI is InChI=1S/C19H22BrN7O/c1-12-4-5-13(19(28)25(2)3)10-14(12)26-6-8-27(9-7-26)18-15-16(20)23-24-17(15)21-11-22-18/h4-5,10-11H,6-9H2,1-3H3,(H,21,22,23,24). The van der Waals surface area contributed by atoms with Gasteiger partial charge < -0.3 is 14.7 Å². The zero-order chi connectivity index (χ0) is 19.8. The van der Waals surface area contributed by atoms with Crippen molar-refractivity contribution in [1.82, 2.24) is 25.1 Å². The van der Waals surface area contributed by atoms with Crippen LogP contribution >= 0.6 is 15.9 Å². The van der Waals surface area contributed by atoms with Crippen LogP contribution in [0, 0.1) is 6.92 Å². The maximum atomic E-state index is 12.3. The summed E-state index contributed by atoms with van der Waals surface area (Å²) in [6, 6.07) is 5.92. The number of hydrogen-bond donors (Lipinski definition) is 1. The van der Waals surface area contributed by atoms with E-state index in [4.69, 9.17) is 0 Å². The summed E-state index contributed by atoms with van der Waals surface area (Å²) in [5.74, 6) is 0.909.